The zero-order valence-electron chi connectivity index (χ0n) is 10.7. The van der Waals surface area contributed by atoms with Gasteiger partial charge in [-0.1, -0.05) is 21.1 Å². The number of nitrogens with zero attached hydrogens (tertiary/aromatic N) is 2. The first kappa shape index (κ1) is 15.6. The molecule has 3 N–H and O–H groups in total. The number of nitrogens with two attached hydrogens (primary N) is 1. The van der Waals surface area contributed by atoms with E-state index in [4.69, 9.17) is 10.9 Å². The maximum atomic E-state index is 12.7. The average molecular weight is 452 g/mol. The zero-order chi connectivity index (χ0) is 14.7. The van der Waals surface area contributed by atoms with E-state index in [0.717, 1.165) is 27.3 Å². The third-order valence-corrected chi connectivity index (χ3v) is 4.81. The summed E-state index contributed by atoms with van der Waals surface area (Å²) in [6, 6.07) is 5.27. The molecule has 1 aliphatic rings. The molecule has 108 valence electrons. The Labute approximate surface area is 139 Å². The number of hydrogen-bond donors (Lipinski definition) is 2. The summed E-state index contributed by atoms with van der Waals surface area (Å²) in [4.78, 5) is 14.4. The molecule has 20 heavy (non-hydrogen) atoms. The van der Waals surface area contributed by atoms with E-state index in [1.165, 1.54) is 0 Å². The van der Waals surface area contributed by atoms with Crippen LogP contribution in [0.25, 0.3) is 0 Å². The minimum absolute atomic E-state index is 0.0769. The average Bonchev–Trinajstić information content (AvgIpc) is 2.48. The highest BCUT2D eigenvalue weighted by Crippen LogP contribution is 2.24. The van der Waals surface area contributed by atoms with Gasteiger partial charge in [0.2, 0.25) is 0 Å². The second kappa shape index (κ2) is 6.75. The second-order valence-corrected chi connectivity index (χ2v) is 6.74. The molecule has 1 fully saturated rings. The van der Waals surface area contributed by atoms with Gasteiger partial charge in [0.25, 0.3) is 5.91 Å². The third kappa shape index (κ3) is 3.25. The summed E-state index contributed by atoms with van der Waals surface area (Å²) in [5, 5.41) is 11.9. The topological polar surface area (TPSA) is 78.9 Å². The molecule has 1 atom stereocenters. The summed E-state index contributed by atoms with van der Waals surface area (Å²) < 4.78 is 1.75. The van der Waals surface area contributed by atoms with Crippen LogP contribution in [0, 0.1) is 3.57 Å². The van der Waals surface area contributed by atoms with Crippen LogP contribution in [-0.4, -0.2) is 34.4 Å². The van der Waals surface area contributed by atoms with Gasteiger partial charge < -0.3 is 15.8 Å². The van der Waals surface area contributed by atoms with Crippen molar-refractivity contribution in [2.75, 3.05) is 6.54 Å². The number of likely N-dealkylation sites (tertiary alicyclic amines) is 1. The number of amidine groups is 1. The number of piperidine rings is 1. The monoisotopic (exact) mass is 451 g/mol. The van der Waals surface area contributed by atoms with Crippen LogP contribution in [0.5, 0.6) is 0 Å². The van der Waals surface area contributed by atoms with Crippen LogP contribution >= 0.6 is 38.5 Å². The molecule has 0 bridgehead atoms. The van der Waals surface area contributed by atoms with Crippen molar-refractivity contribution in [3.05, 3.63) is 31.8 Å². The number of halogens is 2. The lowest BCUT2D eigenvalue weighted by molar-refractivity contribution is 0.0675. The number of hydrogen-bond acceptors (Lipinski definition) is 3. The van der Waals surface area contributed by atoms with Gasteiger partial charge in [-0.05, 0) is 60.1 Å². The van der Waals surface area contributed by atoms with Crippen molar-refractivity contribution in [2.24, 2.45) is 10.9 Å². The van der Waals surface area contributed by atoms with E-state index < -0.39 is 0 Å². The SMILES string of the molecule is N/C(=N/O)C1CCCCN1C(=O)c1cc(Br)ccc1I. The van der Waals surface area contributed by atoms with Crippen molar-refractivity contribution < 1.29 is 10.0 Å². The van der Waals surface area contributed by atoms with Gasteiger partial charge in [-0.15, -0.1) is 0 Å². The molecule has 1 saturated heterocycles. The Bertz CT molecular complexity index is 550. The summed E-state index contributed by atoms with van der Waals surface area (Å²) in [7, 11) is 0. The molecule has 1 aromatic carbocycles. The lowest BCUT2D eigenvalue weighted by Crippen LogP contribution is -2.50. The van der Waals surface area contributed by atoms with Gasteiger partial charge in [-0.25, -0.2) is 0 Å². The number of oxime groups is 1. The van der Waals surface area contributed by atoms with Gasteiger partial charge in [0.15, 0.2) is 5.84 Å². The lowest BCUT2D eigenvalue weighted by atomic mass is 10.00. The van der Waals surface area contributed by atoms with Gasteiger partial charge in [0.1, 0.15) is 0 Å². The minimum atomic E-state index is -0.323. The standard InChI is InChI=1S/C13H15BrIN3O2/c14-8-4-5-10(15)9(7-8)13(19)18-6-2-1-3-11(18)12(16)17-20/h4-5,7,11,20H,1-3,6H2,(H2,16,17). The van der Waals surface area contributed by atoms with Crippen LogP contribution < -0.4 is 5.73 Å². The van der Waals surface area contributed by atoms with Crippen LogP contribution in [-0.2, 0) is 0 Å². The third-order valence-electron chi connectivity index (χ3n) is 3.38. The van der Waals surface area contributed by atoms with Crippen molar-refractivity contribution in [3.63, 3.8) is 0 Å². The van der Waals surface area contributed by atoms with E-state index in [-0.39, 0.29) is 17.8 Å². The Kier molecular flexibility index (Phi) is 5.25. The molecule has 0 spiro atoms. The van der Waals surface area contributed by atoms with Crippen molar-refractivity contribution in [1.29, 1.82) is 0 Å². The molecule has 1 aliphatic heterocycles. The van der Waals surface area contributed by atoms with Gasteiger partial charge in [0.05, 0.1) is 11.6 Å². The van der Waals surface area contributed by atoms with E-state index in [1.807, 2.05) is 18.2 Å². The highest BCUT2D eigenvalue weighted by Gasteiger charge is 2.31. The molecule has 1 heterocycles. The number of rotatable bonds is 2. The smallest absolute Gasteiger partial charge is 0.255 e. The zero-order valence-corrected chi connectivity index (χ0v) is 14.5. The van der Waals surface area contributed by atoms with Crippen molar-refractivity contribution in [3.8, 4) is 0 Å². The summed E-state index contributed by atoms with van der Waals surface area (Å²) in [5.74, 6) is 0.0232. The molecular formula is C13H15BrIN3O2. The normalized spacial score (nSPS) is 20.0. The molecule has 0 radical (unpaired) electrons. The molecule has 2 rings (SSSR count). The quantitative estimate of drug-likeness (QED) is 0.238. The number of amides is 1. The number of carbonyl (C=O) groups is 1. The summed E-state index contributed by atoms with van der Waals surface area (Å²) in [5.41, 5.74) is 6.35. The first-order valence-corrected chi connectivity index (χ1v) is 8.15. The fraction of sp³-hybridized carbons (Fsp3) is 0.385. The Hall–Kier alpha value is -0.830. The van der Waals surface area contributed by atoms with E-state index >= 15 is 0 Å². The van der Waals surface area contributed by atoms with Gasteiger partial charge >= 0.3 is 0 Å². The van der Waals surface area contributed by atoms with E-state index in [1.54, 1.807) is 4.90 Å². The fourth-order valence-corrected chi connectivity index (χ4v) is 3.29. The highest BCUT2D eigenvalue weighted by atomic mass is 127. The summed E-state index contributed by atoms with van der Waals surface area (Å²) in [6.45, 7) is 0.627. The van der Waals surface area contributed by atoms with E-state index in [9.17, 15) is 4.79 Å². The van der Waals surface area contributed by atoms with Gasteiger partial charge in [0, 0.05) is 14.6 Å². The van der Waals surface area contributed by atoms with Crippen molar-refractivity contribution in [2.45, 2.75) is 25.3 Å². The molecule has 0 aromatic heterocycles. The summed E-state index contributed by atoms with van der Waals surface area (Å²) >= 11 is 5.53. The number of carbonyl (C=O) groups excluding carboxylic acids is 1. The van der Waals surface area contributed by atoms with Crippen LogP contribution in [0.1, 0.15) is 29.6 Å². The molecular weight excluding hydrogens is 437 g/mol. The number of benzene rings is 1. The first-order valence-electron chi connectivity index (χ1n) is 6.28. The fourth-order valence-electron chi connectivity index (χ4n) is 2.36. The second-order valence-electron chi connectivity index (χ2n) is 4.66. The largest absolute Gasteiger partial charge is 0.409 e. The van der Waals surface area contributed by atoms with E-state index in [0.29, 0.717) is 12.1 Å². The predicted molar refractivity (Wildman–Crippen MR) is 88.9 cm³/mol. The minimum Gasteiger partial charge on any atom is -0.409 e. The van der Waals surface area contributed by atoms with Crippen LogP contribution in [0.2, 0.25) is 0 Å². The van der Waals surface area contributed by atoms with Crippen molar-refractivity contribution >= 4 is 50.3 Å². The highest BCUT2D eigenvalue weighted by molar-refractivity contribution is 14.1. The Balaban J connectivity index is 2.32. The maximum Gasteiger partial charge on any atom is 0.255 e. The first-order chi connectivity index (χ1) is 9.54. The molecule has 7 heteroatoms. The Morgan fingerprint density at radius 3 is 2.95 bits per heavy atom. The predicted octanol–water partition coefficient (Wildman–Crippen LogP) is 2.79. The molecule has 0 aliphatic carbocycles. The Morgan fingerprint density at radius 2 is 2.25 bits per heavy atom. The Morgan fingerprint density at radius 1 is 1.50 bits per heavy atom. The lowest BCUT2D eigenvalue weighted by Gasteiger charge is -2.35. The van der Waals surface area contributed by atoms with Gasteiger partial charge in [-0.3, -0.25) is 4.79 Å². The molecule has 1 amide bonds. The summed E-state index contributed by atoms with van der Waals surface area (Å²) in [6.07, 6.45) is 2.64. The molecule has 5 nitrogen and oxygen atoms in total. The molecule has 0 saturated carbocycles. The molecule has 1 unspecified atom stereocenters. The molecule has 1 aromatic rings. The maximum absolute atomic E-state index is 12.7. The van der Waals surface area contributed by atoms with Crippen LogP contribution in [0.15, 0.2) is 27.8 Å². The van der Waals surface area contributed by atoms with Gasteiger partial charge in [-0.2, -0.15) is 0 Å². The van der Waals surface area contributed by atoms with Crippen LogP contribution in [0.4, 0.5) is 0 Å². The van der Waals surface area contributed by atoms with Crippen LogP contribution in [0.3, 0.4) is 0 Å². The van der Waals surface area contributed by atoms with E-state index in [2.05, 4.69) is 43.7 Å². The van der Waals surface area contributed by atoms with Crippen molar-refractivity contribution in [1.82, 2.24) is 4.90 Å².